The fraction of sp³-hybridized carbons (Fsp3) is 0.516. The predicted octanol–water partition coefficient (Wildman–Crippen LogP) is 4.85. The van der Waals surface area contributed by atoms with E-state index in [0.29, 0.717) is 25.4 Å². The summed E-state index contributed by atoms with van der Waals surface area (Å²) in [6.45, 7) is 8.01. The third-order valence-corrected chi connectivity index (χ3v) is 8.26. The number of likely N-dealkylation sites (tertiary alicyclic amines) is 1. The Labute approximate surface area is 238 Å². The van der Waals surface area contributed by atoms with Gasteiger partial charge in [-0.3, -0.25) is 9.80 Å². The first-order valence-electron chi connectivity index (χ1n) is 13.7. The van der Waals surface area contributed by atoms with Crippen molar-refractivity contribution in [3.8, 4) is 23.0 Å². The lowest BCUT2D eigenvalue weighted by atomic mass is 9.83. The van der Waals surface area contributed by atoms with Gasteiger partial charge in [-0.25, -0.2) is 4.79 Å². The minimum Gasteiger partial charge on any atom is -0.497 e. The molecule has 2 aliphatic rings. The summed E-state index contributed by atoms with van der Waals surface area (Å²) in [6.07, 6.45) is 3.78. The van der Waals surface area contributed by atoms with Crippen molar-refractivity contribution >= 4 is 6.03 Å². The van der Waals surface area contributed by atoms with Gasteiger partial charge in [-0.2, -0.15) is 0 Å². The van der Waals surface area contributed by atoms with Crippen molar-refractivity contribution in [1.29, 1.82) is 0 Å². The number of piperidine rings is 1. The van der Waals surface area contributed by atoms with Gasteiger partial charge < -0.3 is 28.6 Å². The molecule has 0 radical (unpaired) electrons. The molecule has 0 aliphatic carbocycles. The summed E-state index contributed by atoms with van der Waals surface area (Å²) < 4.78 is 27.5. The predicted molar refractivity (Wildman–Crippen MR) is 154 cm³/mol. The van der Waals surface area contributed by atoms with E-state index in [1.54, 1.807) is 35.5 Å². The normalized spacial score (nSPS) is 18.1. The van der Waals surface area contributed by atoms with Crippen molar-refractivity contribution < 1.29 is 28.5 Å². The molecule has 4 rings (SSSR count). The lowest BCUT2D eigenvalue weighted by Crippen LogP contribution is -2.54. The van der Waals surface area contributed by atoms with Gasteiger partial charge in [0.1, 0.15) is 23.0 Å². The van der Waals surface area contributed by atoms with Crippen LogP contribution in [0.25, 0.3) is 0 Å². The third-order valence-electron chi connectivity index (χ3n) is 8.26. The largest absolute Gasteiger partial charge is 0.497 e. The van der Waals surface area contributed by atoms with E-state index in [9.17, 15) is 4.79 Å². The molecule has 2 saturated heterocycles. The molecular weight excluding hydrogens is 510 g/mol. The number of allylic oxidation sites excluding steroid dienone is 1. The van der Waals surface area contributed by atoms with E-state index in [0.717, 1.165) is 72.1 Å². The molecule has 2 fully saturated rings. The number of rotatable bonds is 11. The van der Waals surface area contributed by atoms with Crippen LogP contribution in [-0.4, -0.2) is 88.1 Å². The number of urea groups is 1. The maximum Gasteiger partial charge on any atom is 0.325 e. The van der Waals surface area contributed by atoms with E-state index < -0.39 is 0 Å². The van der Waals surface area contributed by atoms with Crippen LogP contribution in [0.2, 0.25) is 0 Å². The van der Waals surface area contributed by atoms with Crippen LogP contribution in [0.5, 0.6) is 23.0 Å². The van der Waals surface area contributed by atoms with E-state index in [2.05, 4.69) is 23.1 Å². The molecule has 0 atom stereocenters. The molecule has 1 spiro atoms. The second-order valence-corrected chi connectivity index (χ2v) is 10.3. The van der Waals surface area contributed by atoms with Crippen LogP contribution >= 0.6 is 0 Å². The zero-order valence-corrected chi connectivity index (χ0v) is 24.9. The Balaban J connectivity index is 1.60. The number of benzene rings is 2. The van der Waals surface area contributed by atoms with Crippen LogP contribution < -0.4 is 18.9 Å². The van der Waals surface area contributed by atoms with Gasteiger partial charge in [0.15, 0.2) is 0 Å². The molecule has 0 N–H and O–H groups in total. The number of hydrogen-bond donors (Lipinski definition) is 0. The number of methoxy groups -OCH3 is 5. The average molecular weight is 554 g/mol. The second kappa shape index (κ2) is 12.8. The molecule has 2 heterocycles. The first-order valence-corrected chi connectivity index (χ1v) is 13.7. The molecule has 0 aromatic heterocycles. The Kier molecular flexibility index (Phi) is 9.48. The summed E-state index contributed by atoms with van der Waals surface area (Å²) in [5, 5.41) is 0. The van der Waals surface area contributed by atoms with Crippen molar-refractivity contribution in [2.24, 2.45) is 0 Å². The van der Waals surface area contributed by atoms with Gasteiger partial charge in [0.2, 0.25) is 0 Å². The van der Waals surface area contributed by atoms with Crippen molar-refractivity contribution in [3.05, 3.63) is 58.8 Å². The molecule has 9 nitrogen and oxygen atoms in total. The van der Waals surface area contributed by atoms with Gasteiger partial charge in [-0.1, -0.05) is 6.08 Å². The maximum absolute atomic E-state index is 14.0. The molecule has 9 heteroatoms. The van der Waals surface area contributed by atoms with Crippen LogP contribution in [0.1, 0.15) is 36.5 Å². The molecule has 2 aromatic rings. The van der Waals surface area contributed by atoms with Crippen molar-refractivity contribution in [2.45, 2.75) is 45.3 Å². The lowest BCUT2D eigenvalue weighted by Gasteiger charge is -2.44. The minimum absolute atomic E-state index is 0.0114. The topological polar surface area (TPSA) is 72.9 Å². The van der Waals surface area contributed by atoms with Crippen LogP contribution in [0.15, 0.2) is 42.1 Å². The van der Waals surface area contributed by atoms with Crippen LogP contribution in [0.3, 0.4) is 0 Å². The average Bonchev–Trinajstić information content (AvgIpc) is 3.19. The zero-order valence-electron chi connectivity index (χ0n) is 24.9. The van der Waals surface area contributed by atoms with Crippen molar-refractivity contribution in [3.63, 3.8) is 0 Å². The number of carbonyl (C=O) groups excluding carboxylic acids is 1. The van der Waals surface area contributed by atoms with Crippen molar-refractivity contribution in [2.75, 3.05) is 61.8 Å². The summed E-state index contributed by atoms with van der Waals surface area (Å²) in [5.41, 5.74) is 3.80. The number of carbonyl (C=O) groups is 1. The quantitative estimate of drug-likeness (QED) is 0.394. The van der Waals surface area contributed by atoms with Gasteiger partial charge in [0, 0.05) is 51.1 Å². The molecule has 2 aromatic carbocycles. The maximum atomic E-state index is 14.0. The minimum atomic E-state index is -0.385. The van der Waals surface area contributed by atoms with Crippen LogP contribution in [0.4, 0.5) is 4.79 Å². The third kappa shape index (κ3) is 5.71. The molecule has 2 aliphatic heterocycles. The van der Waals surface area contributed by atoms with Crippen molar-refractivity contribution in [1.82, 2.24) is 14.7 Å². The number of hydrogen-bond acceptors (Lipinski definition) is 7. The fourth-order valence-corrected chi connectivity index (χ4v) is 6.10. The summed E-state index contributed by atoms with van der Waals surface area (Å²) in [4.78, 5) is 20.4. The first kappa shape index (κ1) is 29.6. The Bertz CT molecular complexity index is 1200. The van der Waals surface area contributed by atoms with Crippen LogP contribution in [0, 0.1) is 6.92 Å². The van der Waals surface area contributed by atoms with E-state index in [4.69, 9.17) is 23.7 Å². The molecule has 0 bridgehead atoms. The summed E-state index contributed by atoms with van der Waals surface area (Å²) >= 11 is 0. The zero-order chi connectivity index (χ0) is 28.9. The molecule has 218 valence electrons. The Hall–Kier alpha value is -3.43. The van der Waals surface area contributed by atoms with E-state index in [-0.39, 0.29) is 11.6 Å². The molecule has 0 saturated carbocycles. The molecule has 0 unspecified atom stereocenters. The fourth-order valence-electron chi connectivity index (χ4n) is 6.10. The highest BCUT2D eigenvalue weighted by molar-refractivity contribution is 5.82. The van der Waals surface area contributed by atoms with Gasteiger partial charge in [-0.05, 0) is 61.6 Å². The molecule has 2 amide bonds. The number of amides is 2. The van der Waals surface area contributed by atoms with E-state index >= 15 is 0 Å². The summed E-state index contributed by atoms with van der Waals surface area (Å²) in [6, 6.07) is 9.88. The Morgan fingerprint density at radius 2 is 1.48 bits per heavy atom. The Morgan fingerprint density at radius 1 is 0.850 bits per heavy atom. The first-order chi connectivity index (χ1) is 19.3. The van der Waals surface area contributed by atoms with Crippen LogP contribution in [-0.2, 0) is 17.8 Å². The molecule has 40 heavy (non-hydrogen) atoms. The Morgan fingerprint density at radius 3 is 2.02 bits per heavy atom. The lowest BCUT2D eigenvalue weighted by molar-refractivity contribution is 0.0670. The highest BCUT2D eigenvalue weighted by atomic mass is 16.5. The van der Waals surface area contributed by atoms with E-state index in [1.807, 2.05) is 41.8 Å². The monoisotopic (exact) mass is 553 g/mol. The summed E-state index contributed by atoms with van der Waals surface area (Å²) in [7, 11) is 8.31. The van der Waals surface area contributed by atoms with Gasteiger partial charge in [0.05, 0.1) is 47.1 Å². The highest BCUT2D eigenvalue weighted by Gasteiger charge is 2.54. The van der Waals surface area contributed by atoms with Gasteiger partial charge >= 0.3 is 6.03 Å². The van der Waals surface area contributed by atoms with Gasteiger partial charge in [0.25, 0.3) is 0 Å². The summed E-state index contributed by atoms with van der Waals surface area (Å²) in [5.74, 6) is 3.02. The number of nitrogens with zero attached hydrogens (tertiary/aromatic N) is 3. The molecular formula is C31H43N3O6. The number of ether oxygens (including phenoxy) is 5. The highest BCUT2D eigenvalue weighted by Crippen LogP contribution is 2.45. The van der Waals surface area contributed by atoms with Gasteiger partial charge in [-0.15, -0.1) is 0 Å². The SMILES string of the molecule is C/C=C1\N(Cc2cc(OC)cc(OC)c2C)C(=O)N(CCOC)C12CCN(Cc1cc(OC)cc(OC)c1)CC2. The van der Waals surface area contributed by atoms with E-state index in [1.165, 1.54) is 0 Å². The second-order valence-electron chi connectivity index (χ2n) is 10.3. The standard InChI is InChI=1S/C31H43N3O6/c1-8-29-31(9-11-32(12-10-31)20-23-15-25(37-4)18-26(16-23)38-5)34(13-14-36-3)30(35)33(29)21-24-17-27(39-6)19-28(40-7)22(24)2/h8,15-19H,9-14,20-21H2,1-7H3/b29-8-. The smallest absolute Gasteiger partial charge is 0.325 e.